The molecule has 19 heavy (non-hydrogen) atoms. The maximum Gasteiger partial charge on any atom is 0.230 e. The third-order valence-electron chi connectivity index (χ3n) is 3.22. The minimum absolute atomic E-state index is 0.0605. The highest BCUT2D eigenvalue weighted by Gasteiger charge is 2.30. The van der Waals surface area contributed by atoms with Gasteiger partial charge in [-0.15, -0.1) is 0 Å². The lowest BCUT2D eigenvalue weighted by molar-refractivity contribution is -0.121. The van der Waals surface area contributed by atoms with Crippen molar-refractivity contribution in [3.05, 3.63) is 28.8 Å². The molecule has 1 fully saturated rings. The highest BCUT2D eigenvalue weighted by molar-refractivity contribution is 7.80. The van der Waals surface area contributed by atoms with E-state index in [2.05, 4.69) is 5.32 Å². The molecule has 0 aliphatic carbocycles. The van der Waals surface area contributed by atoms with Gasteiger partial charge >= 0.3 is 0 Å². The number of hydrogen-bond donors (Lipinski definition) is 2. The molecule has 6 heteroatoms. The molecule has 0 saturated carbocycles. The van der Waals surface area contributed by atoms with Crippen molar-refractivity contribution < 1.29 is 9.53 Å². The number of carbonyl (C=O) groups is 1. The molecule has 1 saturated heterocycles. The van der Waals surface area contributed by atoms with E-state index in [1.54, 1.807) is 18.2 Å². The van der Waals surface area contributed by atoms with Crippen molar-refractivity contribution in [1.29, 1.82) is 0 Å². The van der Waals surface area contributed by atoms with E-state index in [4.69, 9.17) is 34.3 Å². The summed E-state index contributed by atoms with van der Waals surface area (Å²) in [6.07, 6.45) is 0.671. The Morgan fingerprint density at radius 3 is 2.84 bits per heavy atom. The number of carbonyl (C=O) groups excluding carboxylic acids is 1. The minimum atomic E-state index is -0.133. The molecule has 1 aliphatic heterocycles. The topological polar surface area (TPSA) is 64.3 Å². The first-order valence-electron chi connectivity index (χ1n) is 6.01. The summed E-state index contributed by atoms with van der Waals surface area (Å²) in [5.41, 5.74) is 6.76. The number of nitrogens with two attached hydrogens (primary N) is 1. The van der Waals surface area contributed by atoms with Crippen LogP contribution in [0.2, 0.25) is 5.02 Å². The fourth-order valence-corrected chi connectivity index (χ4v) is 2.43. The fourth-order valence-electron chi connectivity index (χ4n) is 2.07. The van der Waals surface area contributed by atoms with Crippen molar-refractivity contribution in [3.8, 4) is 0 Å². The van der Waals surface area contributed by atoms with E-state index >= 15 is 0 Å². The predicted molar refractivity (Wildman–Crippen MR) is 79.5 cm³/mol. The average molecular weight is 299 g/mol. The van der Waals surface area contributed by atoms with Gasteiger partial charge in [0, 0.05) is 12.2 Å². The van der Waals surface area contributed by atoms with E-state index in [1.807, 2.05) is 6.92 Å². The normalized spacial score (nSPS) is 22.2. The van der Waals surface area contributed by atoms with E-state index in [-0.39, 0.29) is 22.9 Å². The van der Waals surface area contributed by atoms with Crippen LogP contribution in [0.4, 0.5) is 5.69 Å². The first kappa shape index (κ1) is 14.2. The van der Waals surface area contributed by atoms with Gasteiger partial charge in [0.05, 0.1) is 22.7 Å². The van der Waals surface area contributed by atoms with Crippen molar-refractivity contribution in [3.63, 3.8) is 0 Å². The third kappa shape index (κ3) is 3.23. The summed E-state index contributed by atoms with van der Waals surface area (Å²) in [5, 5.41) is 3.24. The van der Waals surface area contributed by atoms with Gasteiger partial charge in [-0.3, -0.25) is 4.79 Å². The lowest BCUT2D eigenvalue weighted by Gasteiger charge is -2.15. The van der Waals surface area contributed by atoms with Gasteiger partial charge in [0.1, 0.15) is 4.99 Å². The first-order chi connectivity index (χ1) is 8.99. The van der Waals surface area contributed by atoms with Crippen LogP contribution in [0.15, 0.2) is 18.2 Å². The zero-order chi connectivity index (χ0) is 14.0. The molecule has 3 N–H and O–H groups in total. The number of rotatable bonds is 3. The molecule has 1 amide bonds. The minimum Gasteiger partial charge on any atom is -0.389 e. The highest BCUT2D eigenvalue weighted by atomic mass is 35.5. The molecule has 0 radical (unpaired) electrons. The summed E-state index contributed by atoms with van der Waals surface area (Å²) < 4.78 is 5.38. The number of halogens is 1. The molecule has 102 valence electrons. The van der Waals surface area contributed by atoms with E-state index in [1.165, 1.54) is 0 Å². The molecule has 1 aromatic rings. The van der Waals surface area contributed by atoms with E-state index in [0.29, 0.717) is 22.9 Å². The number of hydrogen-bond acceptors (Lipinski definition) is 3. The molecule has 4 nitrogen and oxygen atoms in total. The van der Waals surface area contributed by atoms with Gasteiger partial charge < -0.3 is 15.8 Å². The van der Waals surface area contributed by atoms with Crippen LogP contribution in [0.25, 0.3) is 0 Å². The Morgan fingerprint density at radius 1 is 1.58 bits per heavy atom. The van der Waals surface area contributed by atoms with Crippen molar-refractivity contribution in [2.45, 2.75) is 19.4 Å². The zero-order valence-corrected chi connectivity index (χ0v) is 12.1. The number of benzene rings is 1. The smallest absolute Gasteiger partial charge is 0.230 e. The maximum absolute atomic E-state index is 12.1. The molecular weight excluding hydrogens is 284 g/mol. The summed E-state index contributed by atoms with van der Waals surface area (Å²) in [4.78, 5) is 12.4. The van der Waals surface area contributed by atoms with Crippen LogP contribution in [0, 0.1) is 5.92 Å². The van der Waals surface area contributed by atoms with E-state index in [0.717, 1.165) is 6.42 Å². The second kappa shape index (κ2) is 5.86. The zero-order valence-electron chi connectivity index (χ0n) is 10.5. The Hall–Kier alpha value is -1.17. The predicted octanol–water partition coefficient (Wildman–Crippen LogP) is 2.34. The molecular formula is C13H15ClN2O2S. The summed E-state index contributed by atoms with van der Waals surface area (Å²) in [7, 11) is 0. The van der Waals surface area contributed by atoms with Gasteiger partial charge in [-0.25, -0.2) is 0 Å². The standard InChI is InChI=1S/C13H15ClN2O2S/c1-7-9(4-5-18-7)13(17)16-11-3-2-8(12(15)19)6-10(11)14/h2-3,6-7,9H,4-5H2,1H3,(H2,15,19)(H,16,17). The van der Waals surface area contributed by atoms with E-state index in [9.17, 15) is 4.79 Å². The molecule has 1 heterocycles. The fraction of sp³-hybridized carbons (Fsp3) is 0.385. The summed E-state index contributed by atoms with van der Waals surface area (Å²) in [6, 6.07) is 5.09. The van der Waals surface area contributed by atoms with Gasteiger partial charge in [-0.05, 0) is 31.5 Å². The van der Waals surface area contributed by atoms with Gasteiger partial charge in [0.15, 0.2) is 0 Å². The molecule has 2 atom stereocenters. The van der Waals surface area contributed by atoms with Crippen LogP contribution in [0.5, 0.6) is 0 Å². The van der Waals surface area contributed by atoms with Crippen molar-refractivity contribution >= 4 is 40.4 Å². The quantitative estimate of drug-likeness (QED) is 0.841. The first-order valence-corrected chi connectivity index (χ1v) is 6.79. The van der Waals surface area contributed by atoms with E-state index < -0.39 is 0 Å². The number of ether oxygens (including phenoxy) is 1. The van der Waals surface area contributed by atoms with Crippen LogP contribution < -0.4 is 11.1 Å². The Labute approximate surface area is 122 Å². The van der Waals surface area contributed by atoms with Crippen LogP contribution in [0.1, 0.15) is 18.9 Å². The summed E-state index contributed by atoms with van der Waals surface area (Å²) in [5.74, 6) is -0.207. The van der Waals surface area contributed by atoms with Gasteiger partial charge in [-0.2, -0.15) is 0 Å². The molecule has 0 spiro atoms. The second-order valence-electron chi connectivity index (χ2n) is 4.52. The van der Waals surface area contributed by atoms with Gasteiger partial charge in [0.25, 0.3) is 0 Å². The molecule has 2 rings (SSSR count). The molecule has 1 aliphatic rings. The Bertz CT molecular complexity index is 521. The van der Waals surface area contributed by atoms with Crippen LogP contribution in [-0.4, -0.2) is 23.6 Å². The SMILES string of the molecule is CC1OCCC1C(=O)Nc1ccc(C(N)=S)cc1Cl. The Morgan fingerprint density at radius 2 is 2.32 bits per heavy atom. The van der Waals surface area contributed by atoms with Crippen molar-refractivity contribution in [2.75, 3.05) is 11.9 Å². The lowest BCUT2D eigenvalue weighted by Crippen LogP contribution is -2.27. The van der Waals surface area contributed by atoms with Gasteiger partial charge in [-0.1, -0.05) is 23.8 Å². The largest absolute Gasteiger partial charge is 0.389 e. The highest BCUT2D eigenvalue weighted by Crippen LogP contribution is 2.26. The summed E-state index contributed by atoms with van der Waals surface area (Å²) >= 11 is 11.0. The van der Waals surface area contributed by atoms with Crippen molar-refractivity contribution in [2.24, 2.45) is 11.7 Å². The number of anilines is 1. The number of nitrogens with one attached hydrogen (secondary N) is 1. The molecule has 0 aromatic heterocycles. The maximum atomic E-state index is 12.1. The lowest BCUT2D eigenvalue weighted by atomic mass is 10.0. The molecule has 0 bridgehead atoms. The Balaban J connectivity index is 2.11. The van der Waals surface area contributed by atoms with Crippen LogP contribution >= 0.6 is 23.8 Å². The average Bonchev–Trinajstić information content (AvgIpc) is 2.77. The molecule has 1 aromatic carbocycles. The van der Waals surface area contributed by atoms with Gasteiger partial charge in [0.2, 0.25) is 5.91 Å². The third-order valence-corrected chi connectivity index (χ3v) is 3.77. The Kier molecular flexibility index (Phi) is 4.39. The monoisotopic (exact) mass is 298 g/mol. The van der Waals surface area contributed by atoms with Crippen LogP contribution in [0.3, 0.4) is 0 Å². The second-order valence-corrected chi connectivity index (χ2v) is 5.37. The number of thiocarbonyl (C=S) groups is 1. The van der Waals surface area contributed by atoms with Crippen molar-refractivity contribution in [1.82, 2.24) is 0 Å². The van der Waals surface area contributed by atoms with Crippen LogP contribution in [-0.2, 0) is 9.53 Å². The summed E-state index contributed by atoms with van der Waals surface area (Å²) in [6.45, 7) is 2.52. The number of amides is 1. The molecule has 2 unspecified atom stereocenters.